The lowest BCUT2D eigenvalue weighted by molar-refractivity contribution is -0.385. The molecule has 0 saturated heterocycles. The lowest BCUT2D eigenvalue weighted by Crippen LogP contribution is -2.32. The van der Waals surface area contributed by atoms with Gasteiger partial charge in [0.15, 0.2) is 29.6 Å². The van der Waals surface area contributed by atoms with Crippen LogP contribution in [-0.2, 0) is 4.79 Å². The molecule has 0 bridgehead atoms. The number of para-hydroxylation sites is 2. The van der Waals surface area contributed by atoms with Gasteiger partial charge in [-0.15, -0.1) is 0 Å². The maximum atomic E-state index is 11.9. The summed E-state index contributed by atoms with van der Waals surface area (Å²) in [5.74, 6) is 1.20. The van der Waals surface area contributed by atoms with Gasteiger partial charge in [0.05, 0.1) is 31.8 Å². The van der Waals surface area contributed by atoms with Crippen molar-refractivity contribution in [1.82, 2.24) is 5.32 Å². The number of nitrogens with one attached hydrogen (secondary N) is 1. The van der Waals surface area contributed by atoms with E-state index in [0.717, 1.165) is 0 Å². The number of nitro benzene ring substituents is 1. The number of ether oxygens (including phenoxy) is 4. The maximum absolute atomic E-state index is 11.9. The highest BCUT2D eigenvalue weighted by Crippen LogP contribution is 2.31. The van der Waals surface area contributed by atoms with Crippen LogP contribution in [0.5, 0.6) is 23.0 Å². The highest BCUT2D eigenvalue weighted by molar-refractivity contribution is 5.77. The van der Waals surface area contributed by atoms with E-state index in [2.05, 4.69) is 5.32 Å². The van der Waals surface area contributed by atoms with Crippen LogP contribution < -0.4 is 24.3 Å². The van der Waals surface area contributed by atoms with E-state index in [1.807, 2.05) is 12.1 Å². The number of non-ortho nitro benzene ring substituents is 1. The number of amides is 1. The molecule has 0 spiro atoms. The Kier molecular flexibility index (Phi) is 7.24. The number of methoxy groups -OCH3 is 2. The maximum Gasteiger partial charge on any atom is 0.273 e. The second kappa shape index (κ2) is 9.85. The fraction of sp³-hybridized carbons (Fsp3) is 0.278. The first kappa shape index (κ1) is 19.8. The molecule has 0 heterocycles. The molecule has 0 unspecified atom stereocenters. The third-order valence-corrected chi connectivity index (χ3v) is 3.47. The highest BCUT2D eigenvalue weighted by atomic mass is 16.6. The highest BCUT2D eigenvalue weighted by Gasteiger charge is 2.13. The van der Waals surface area contributed by atoms with Crippen LogP contribution in [0.3, 0.4) is 0 Å². The Morgan fingerprint density at radius 3 is 2.33 bits per heavy atom. The monoisotopic (exact) mass is 376 g/mol. The number of carbonyl (C=O) groups is 1. The molecular formula is C18H20N2O7. The molecule has 0 atom stereocenters. The summed E-state index contributed by atoms with van der Waals surface area (Å²) in [5.41, 5.74) is -0.156. The number of hydrogen-bond donors (Lipinski definition) is 1. The van der Waals surface area contributed by atoms with E-state index >= 15 is 0 Å². The lowest BCUT2D eigenvalue weighted by Gasteiger charge is -2.12. The number of hydrogen-bond acceptors (Lipinski definition) is 7. The van der Waals surface area contributed by atoms with Crippen LogP contribution in [-0.4, -0.2) is 44.8 Å². The van der Waals surface area contributed by atoms with Crippen LogP contribution in [0.15, 0.2) is 42.5 Å². The number of nitrogens with zero attached hydrogens (tertiary/aromatic N) is 1. The molecule has 144 valence electrons. The van der Waals surface area contributed by atoms with E-state index in [-0.39, 0.29) is 31.2 Å². The Bertz CT molecular complexity index is 795. The quantitative estimate of drug-likeness (QED) is 0.384. The van der Waals surface area contributed by atoms with Gasteiger partial charge >= 0.3 is 0 Å². The predicted molar refractivity (Wildman–Crippen MR) is 96.6 cm³/mol. The molecular weight excluding hydrogens is 356 g/mol. The molecule has 0 aromatic heterocycles. The second-order valence-corrected chi connectivity index (χ2v) is 5.23. The first-order valence-electron chi connectivity index (χ1n) is 8.03. The predicted octanol–water partition coefficient (Wildman–Crippen LogP) is 2.19. The SMILES string of the molecule is COc1ccccc1OCCNC(=O)COc1cc([N+](=O)[O-])ccc1OC. The van der Waals surface area contributed by atoms with Gasteiger partial charge in [0.2, 0.25) is 0 Å². The van der Waals surface area contributed by atoms with Gasteiger partial charge in [-0.2, -0.15) is 0 Å². The van der Waals surface area contributed by atoms with Gasteiger partial charge in [-0.1, -0.05) is 12.1 Å². The van der Waals surface area contributed by atoms with Crippen molar-refractivity contribution in [2.75, 3.05) is 34.0 Å². The zero-order valence-corrected chi connectivity index (χ0v) is 15.0. The Balaban J connectivity index is 1.79. The van der Waals surface area contributed by atoms with Crippen molar-refractivity contribution >= 4 is 11.6 Å². The van der Waals surface area contributed by atoms with Crippen molar-refractivity contribution in [2.24, 2.45) is 0 Å². The first-order chi connectivity index (χ1) is 13.0. The van der Waals surface area contributed by atoms with Crippen molar-refractivity contribution in [3.05, 3.63) is 52.6 Å². The van der Waals surface area contributed by atoms with Gasteiger partial charge in [-0.3, -0.25) is 14.9 Å². The summed E-state index contributed by atoms with van der Waals surface area (Å²) in [6, 6.07) is 11.1. The summed E-state index contributed by atoms with van der Waals surface area (Å²) in [6.07, 6.45) is 0. The molecule has 0 aliphatic carbocycles. The van der Waals surface area contributed by atoms with E-state index < -0.39 is 10.8 Å². The van der Waals surface area contributed by atoms with Gasteiger partial charge in [-0.05, 0) is 18.2 Å². The third kappa shape index (κ3) is 5.77. The van der Waals surface area contributed by atoms with E-state index in [4.69, 9.17) is 18.9 Å². The molecule has 2 rings (SSSR count). The molecule has 0 radical (unpaired) electrons. The van der Waals surface area contributed by atoms with Crippen molar-refractivity contribution in [1.29, 1.82) is 0 Å². The van der Waals surface area contributed by atoms with Crippen molar-refractivity contribution in [2.45, 2.75) is 0 Å². The minimum Gasteiger partial charge on any atom is -0.493 e. The molecule has 0 saturated carbocycles. The van der Waals surface area contributed by atoms with Gasteiger partial charge in [0.1, 0.15) is 6.61 Å². The Labute approximate surface area is 155 Å². The van der Waals surface area contributed by atoms with Gasteiger partial charge < -0.3 is 24.3 Å². The van der Waals surface area contributed by atoms with Gasteiger partial charge in [0, 0.05) is 6.07 Å². The van der Waals surface area contributed by atoms with Gasteiger partial charge in [0.25, 0.3) is 11.6 Å². The minimum atomic E-state index is -0.554. The number of rotatable bonds is 10. The molecule has 0 fully saturated rings. The first-order valence-corrected chi connectivity index (χ1v) is 8.03. The van der Waals surface area contributed by atoms with E-state index in [1.54, 1.807) is 19.2 Å². The number of benzene rings is 2. The van der Waals surface area contributed by atoms with Crippen LogP contribution in [0.1, 0.15) is 0 Å². The van der Waals surface area contributed by atoms with E-state index in [0.29, 0.717) is 17.2 Å². The largest absolute Gasteiger partial charge is 0.493 e. The van der Waals surface area contributed by atoms with E-state index in [1.165, 1.54) is 25.3 Å². The lowest BCUT2D eigenvalue weighted by atomic mass is 10.3. The normalized spacial score (nSPS) is 10.0. The molecule has 1 N–H and O–H groups in total. The molecule has 2 aromatic carbocycles. The van der Waals surface area contributed by atoms with Crippen LogP contribution in [0.4, 0.5) is 5.69 Å². The molecule has 0 aliphatic heterocycles. The molecule has 1 amide bonds. The summed E-state index contributed by atoms with van der Waals surface area (Å²) in [5, 5.41) is 13.5. The van der Waals surface area contributed by atoms with Crippen molar-refractivity contribution < 1.29 is 28.7 Å². The smallest absolute Gasteiger partial charge is 0.273 e. The standard InChI is InChI=1S/C18H20N2O7/c1-24-14-5-3-4-6-16(14)26-10-9-19-18(21)12-27-17-11-13(20(22)23)7-8-15(17)25-2/h3-8,11H,9-10,12H2,1-2H3,(H,19,21). The topological polar surface area (TPSA) is 109 Å². The molecule has 9 heteroatoms. The molecule has 9 nitrogen and oxygen atoms in total. The average molecular weight is 376 g/mol. The summed E-state index contributed by atoms with van der Waals surface area (Å²) >= 11 is 0. The van der Waals surface area contributed by atoms with Crippen LogP contribution in [0.25, 0.3) is 0 Å². The van der Waals surface area contributed by atoms with Crippen LogP contribution in [0, 0.1) is 10.1 Å². The third-order valence-electron chi connectivity index (χ3n) is 3.47. The molecule has 0 aliphatic rings. The minimum absolute atomic E-state index is 0.118. The van der Waals surface area contributed by atoms with Crippen LogP contribution >= 0.6 is 0 Å². The Morgan fingerprint density at radius 1 is 1.00 bits per heavy atom. The average Bonchev–Trinajstić information content (AvgIpc) is 2.69. The van der Waals surface area contributed by atoms with Gasteiger partial charge in [-0.25, -0.2) is 0 Å². The fourth-order valence-corrected chi connectivity index (χ4v) is 2.18. The second-order valence-electron chi connectivity index (χ2n) is 5.23. The van der Waals surface area contributed by atoms with Crippen LogP contribution in [0.2, 0.25) is 0 Å². The fourth-order valence-electron chi connectivity index (χ4n) is 2.18. The number of carbonyl (C=O) groups excluding carboxylic acids is 1. The van der Waals surface area contributed by atoms with Crippen molar-refractivity contribution in [3.8, 4) is 23.0 Å². The summed E-state index contributed by atoms with van der Waals surface area (Å²) < 4.78 is 21.1. The summed E-state index contributed by atoms with van der Waals surface area (Å²) in [4.78, 5) is 22.2. The molecule has 2 aromatic rings. The Hall–Kier alpha value is -3.49. The Morgan fingerprint density at radius 2 is 1.67 bits per heavy atom. The molecule has 27 heavy (non-hydrogen) atoms. The zero-order valence-electron chi connectivity index (χ0n) is 15.0. The van der Waals surface area contributed by atoms with Crippen molar-refractivity contribution in [3.63, 3.8) is 0 Å². The number of nitro groups is 1. The summed E-state index contributed by atoms with van der Waals surface area (Å²) in [7, 11) is 2.95. The van der Waals surface area contributed by atoms with E-state index in [9.17, 15) is 14.9 Å². The summed E-state index contributed by atoms with van der Waals surface area (Å²) in [6.45, 7) is 0.185. The zero-order chi connectivity index (χ0) is 19.6.